The number of nitrogens with one attached hydrogen (secondary N) is 1. The standard InChI is InChI=1S/C15H16FN3O4S/c16-11-3-1-2-4-12(11)17-15(21)13-5-6-14(20)19(18-13)10-7-8-24(22,23)9-10/h1-4,10H,5-9H2,(H,17,21)/t10-/m1/s1. The van der Waals surface area contributed by atoms with Crippen molar-refractivity contribution < 1.29 is 22.4 Å². The predicted octanol–water partition coefficient (Wildman–Crippen LogP) is 0.930. The Bertz CT molecular complexity index is 822. The van der Waals surface area contributed by atoms with Crippen molar-refractivity contribution in [1.29, 1.82) is 0 Å². The van der Waals surface area contributed by atoms with Crippen molar-refractivity contribution in [3.63, 3.8) is 0 Å². The smallest absolute Gasteiger partial charge is 0.271 e. The summed E-state index contributed by atoms with van der Waals surface area (Å²) in [6.45, 7) is 0. The Kier molecular flexibility index (Phi) is 4.35. The molecule has 2 aliphatic rings. The van der Waals surface area contributed by atoms with Crippen LogP contribution < -0.4 is 5.32 Å². The summed E-state index contributed by atoms with van der Waals surface area (Å²) in [4.78, 5) is 24.3. The first-order valence-corrected chi connectivity index (χ1v) is 9.34. The minimum atomic E-state index is -3.17. The zero-order chi connectivity index (χ0) is 17.3. The Morgan fingerprint density at radius 2 is 2.04 bits per heavy atom. The van der Waals surface area contributed by atoms with Gasteiger partial charge in [-0.25, -0.2) is 17.8 Å². The molecule has 2 amide bonds. The van der Waals surface area contributed by atoms with Crippen LogP contribution in [0.3, 0.4) is 0 Å². The first-order valence-electron chi connectivity index (χ1n) is 7.51. The summed E-state index contributed by atoms with van der Waals surface area (Å²) in [5.74, 6) is -1.62. The molecule has 0 aromatic heterocycles. The molecular formula is C15H16FN3O4S. The quantitative estimate of drug-likeness (QED) is 0.874. The SMILES string of the molecule is O=C(Nc1ccccc1F)C1=NN([C@@H]2CCS(=O)(=O)C2)C(=O)CC1. The topological polar surface area (TPSA) is 95.9 Å². The second-order valence-corrected chi connectivity index (χ2v) is 8.00. The van der Waals surface area contributed by atoms with Gasteiger partial charge >= 0.3 is 0 Å². The van der Waals surface area contributed by atoms with Gasteiger partial charge in [0.2, 0.25) is 5.91 Å². The number of rotatable bonds is 3. The summed E-state index contributed by atoms with van der Waals surface area (Å²) < 4.78 is 36.8. The molecule has 7 nitrogen and oxygen atoms in total. The number of anilines is 1. The number of carbonyl (C=O) groups is 2. The molecular weight excluding hydrogens is 337 g/mol. The Morgan fingerprint density at radius 3 is 2.71 bits per heavy atom. The summed E-state index contributed by atoms with van der Waals surface area (Å²) in [5, 5.41) is 7.56. The van der Waals surface area contributed by atoms with Crippen molar-refractivity contribution in [2.45, 2.75) is 25.3 Å². The van der Waals surface area contributed by atoms with Crippen LogP contribution in [0, 0.1) is 5.82 Å². The number of halogens is 1. The van der Waals surface area contributed by atoms with Crippen LogP contribution in [0.2, 0.25) is 0 Å². The highest BCUT2D eigenvalue weighted by molar-refractivity contribution is 7.91. The van der Waals surface area contributed by atoms with E-state index in [0.29, 0.717) is 6.42 Å². The van der Waals surface area contributed by atoms with Crippen LogP contribution in [-0.2, 0) is 19.4 Å². The van der Waals surface area contributed by atoms with Gasteiger partial charge in [0, 0.05) is 12.8 Å². The van der Waals surface area contributed by atoms with E-state index in [4.69, 9.17) is 0 Å². The van der Waals surface area contributed by atoms with Gasteiger partial charge in [-0.15, -0.1) is 0 Å². The highest BCUT2D eigenvalue weighted by atomic mass is 32.2. The molecule has 0 aliphatic carbocycles. The molecule has 2 heterocycles. The van der Waals surface area contributed by atoms with Crippen molar-refractivity contribution in [3.8, 4) is 0 Å². The van der Waals surface area contributed by atoms with Gasteiger partial charge in [0.25, 0.3) is 5.91 Å². The van der Waals surface area contributed by atoms with E-state index in [9.17, 15) is 22.4 Å². The van der Waals surface area contributed by atoms with Gasteiger partial charge in [-0.05, 0) is 18.6 Å². The fraction of sp³-hybridized carbons (Fsp3) is 0.400. The van der Waals surface area contributed by atoms with Crippen LogP contribution in [0.4, 0.5) is 10.1 Å². The molecule has 1 aromatic carbocycles. The van der Waals surface area contributed by atoms with E-state index in [2.05, 4.69) is 10.4 Å². The van der Waals surface area contributed by atoms with E-state index in [1.165, 1.54) is 18.2 Å². The Hall–Kier alpha value is -2.29. The monoisotopic (exact) mass is 353 g/mol. The average molecular weight is 353 g/mol. The first-order chi connectivity index (χ1) is 11.4. The van der Waals surface area contributed by atoms with Crippen molar-refractivity contribution in [1.82, 2.24) is 5.01 Å². The number of hydrogen-bond donors (Lipinski definition) is 1. The van der Waals surface area contributed by atoms with Crippen LogP contribution in [-0.4, -0.2) is 48.5 Å². The molecule has 1 aromatic rings. The van der Waals surface area contributed by atoms with Gasteiger partial charge < -0.3 is 5.32 Å². The van der Waals surface area contributed by atoms with E-state index in [0.717, 1.165) is 5.01 Å². The molecule has 1 fully saturated rings. The highest BCUT2D eigenvalue weighted by Gasteiger charge is 2.37. The van der Waals surface area contributed by atoms with Crippen molar-refractivity contribution in [3.05, 3.63) is 30.1 Å². The third-order valence-corrected chi connectivity index (χ3v) is 5.75. The maximum absolute atomic E-state index is 13.6. The fourth-order valence-corrected chi connectivity index (χ4v) is 4.44. The summed E-state index contributed by atoms with van der Waals surface area (Å²) >= 11 is 0. The fourth-order valence-electron chi connectivity index (χ4n) is 2.75. The summed E-state index contributed by atoms with van der Waals surface area (Å²) in [7, 11) is -3.17. The minimum absolute atomic E-state index is 0.00766. The van der Waals surface area contributed by atoms with Gasteiger partial charge in [-0.3, -0.25) is 9.59 Å². The van der Waals surface area contributed by atoms with Gasteiger partial charge in [0.15, 0.2) is 9.84 Å². The van der Waals surface area contributed by atoms with Crippen molar-refractivity contribution >= 4 is 33.1 Å². The number of nitrogens with zero attached hydrogens (tertiary/aromatic N) is 2. The molecule has 128 valence electrons. The number of amides is 2. The van der Waals surface area contributed by atoms with Crippen molar-refractivity contribution in [2.24, 2.45) is 5.10 Å². The number of carbonyl (C=O) groups excluding carboxylic acids is 2. The molecule has 1 N–H and O–H groups in total. The second kappa shape index (κ2) is 6.31. The molecule has 1 atom stereocenters. The van der Waals surface area contributed by atoms with Crippen LogP contribution >= 0.6 is 0 Å². The minimum Gasteiger partial charge on any atom is -0.318 e. The number of sulfone groups is 1. The summed E-state index contributed by atoms with van der Waals surface area (Å²) in [6.07, 6.45) is 0.509. The molecule has 0 radical (unpaired) electrons. The molecule has 24 heavy (non-hydrogen) atoms. The summed E-state index contributed by atoms with van der Waals surface area (Å²) in [6, 6.07) is 5.18. The number of para-hydroxylation sites is 1. The first kappa shape index (κ1) is 16.6. The van der Waals surface area contributed by atoms with Crippen LogP contribution in [0.1, 0.15) is 19.3 Å². The molecule has 0 spiro atoms. The normalized spacial score (nSPS) is 23.0. The van der Waals surface area contributed by atoms with E-state index in [-0.39, 0.29) is 41.7 Å². The second-order valence-electron chi connectivity index (χ2n) is 5.78. The number of benzene rings is 1. The van der Waals surface area contributed by atoms with Gasteiger partial charge in [0.05, 0.1) is 23.2 Å². The lowest BCUT2D eigenvalue weighted by molar-refractivity contribution is -0.133. The molecule has 0 unspecified atom stereocenters. The molecule has 3 rings (SSSR count). The van der Waals surface area contributed by atoms with E-state index < -0.39 is 27.6 Å². The van der Waals surface area contributed by atoms with Crippen LogP contribution in [0.5, 0.6) is 0 Å². The van der Waals surface area contributed by atoms with Gasteiger partial charge in [-0.2, -0.15) is 5.10 Å². The zero-order valence-corrected chi connectivity index (χ0v) is 13.6. The Morgan fingerprint density at radius 1 is 1.29 bits per heavy atom. The summed E-state index contributed by atoms with van der Waals surface area (Å²) in [5.41, 5.74) is 0.110. The maximum Gasteiger partial charge on any atom is 0.271 e. The van der Waals surface area contributed by atoms with E-state index in [1.807, 2.05) is 0 Å². The average Bonchev–Trinajstić information content (AvgIpc) is 2.90. The predicted molar refractivity (Wildman–Crippen MR) is 85.6 cm³/mol. The largest absolute Gasteiger partial charge is 0.318 e. The Balaban J connectivity index is 1.78. The molecule has 0 saturated carbocycles. The molecule has 1 saturated heterocycles. The van der Waals surface area contributed by atoms with Crippen LogP contribution in [0.25, 0.3) is 0 Å². The lowest BCUT2D eigenvalue weighted by Gasteiger charge is -2.27. The van der Waals surface area contributed by atoms with E-state index >= 15 is 0 Å². The zero-order valence-electron chi connectivity index (χ0n) is 12.7. The molecule has 2 aliphatic heterocycles. The van der Waals surface area contributed by atoms with E-state index in [1.54, 1.807) is 6.07 Å². The lowest BCUT2D eigenvalue weighted by atomic mass is 10.1. The van der Waals surface area contributed by atoms with Gasteiger partial charge in [-0.1, -0.05) is 12.1 Å². The van der Waals surface area contributed by atoms with Gasteiger partial charge in [0.1, 0.15) is 11.5 Å². The third kappa shape index (κ3) is 3.45. The lowest BCUT2D eigenvalue weighted by Crippen LogP contribution is -2.42. The number of hydrazone groups is 1. The highest BCUT2D eigenvalue weighted by Crippen LogP contribution is 2.22. The van der Waals surface area contributed by atoms with Crippen molar-refractivity contribution in [2.75, 3.05) is 16.8 Å². The number of hydrogen-bond acceptors (Lipinski definition) is 5. The van der Waals surface area contributed by atoms with Crippen LogP contribution in [0.15, 0.2) is 29.4 Å². The molecule has 0 bridgehead atoms. The Labute approximate surface area is 138 Å². The third-order valence-electron chi connectivity index (χ3n) is 4.00. The maximum atomic E-state index is 13.6. The molecule has 9 heteroatoms.